The first-order valence-electron chi connectivity index (χ1n) is 44.5. The minimum atomic E-state index is -2.45. The van der Waals surface area contributed by atoms with Gasteiger partial charge >= 0.3 is 0 Å². The molecule has 14 nitrogen and oxygen atoms in total. The maximum Gasteiger partial charge on any atom is 0.162 e. The van der Waals surface area contributed by atoms with Crippen molar-refractivity contribution in [3.8, 4) is 135 Å². The van der Waals surface area contributed by atoms with E-state index < -0.39 is 19.6 Å². The van der Waals surface area contributed by atoms with E-state index in [1.165, 1.54) is 6.92 Å². The second-order valence-electron chi connectivity index (χ2n) is 27.9. The fourth-order valence-electron chi connectivity index (χ4n) is 12.3. The molecular formula is C114H90Ir4N14-8. The fraction of sp³-hybridized carbons (Fsp3) is 0.0702. The molecule has 0 amide bonds. The van der Waals surface area contributed by atoms with Gasteiger partial charge in [0, 0.05) is 179 Å². The van der Waals surface area contributed by atoms with Crippen LogP contribution in [0.3, 0.4) is 0 Å². The largest absolute Gasteiger partial charge is 0.305 e. The molecule has 1 atom stereocenters. The molecule has 12 heterocycles. The maximum atomic E-state index is 8.18. The fourth-order valence-corrected chi connectivity index (χ4v) is 12.3. The van der Waals surface area contributed by atoms with Crippen LogP contribution in [0.2, 0.25) is 0 Å². The number of nitrogens with zero attached hydrogens (tertiary/aromatic N) is 14. The Kier molecular flexibility index (Phi) is 38.6. The van der Waals surface area contributed by atoms with E-state index >= 15 is 0 Å². The number of hydrogen-bond donors (Lipinski definition) is 0. The first-order valence-corrected chi connectivity index (χ1v) is 41.0. The van der Waals surface area contributed by atoms with Gasteiger partial charge in [0.15, 0.2) is 5.82 Å². The van der Waals surface area contributed by atoms with Crippen molar-refractivity contribution in [1.82, 2.24) is 69.8 Å². The average Bonchev–Trinajstić information content (AvgIpc) is 0.783. The molecule has 660 valence electrons. The van der Waals surface area contributed by atoms with Crippen molar-refractivity contribution in [1.29, 1.82) is 0 Å². The van der Waals surface area contributed by atoms with Crippen LogP contribution in [0.15, 0.2) is 420 Å². The number of benzene rings is 8. The van der Waals surface area contributed by atoms with Crippen molar-refractivity contribution in [3.63, 3.8) is 0 Å². The zero-order chi connectivity index (χ0) is 94.3. The molecule has 0 saturated heterocycles. The Morgan fingerprint density at radius 2 is 0.561 bits per heavy atom. The van der Waals surface area contributed by atoms with Crippen LogP contribution < -0.4 is 0 Å². The van der Waals surface area contributed by atoms with E-state index in [-0.39, 0.29) is 92.5 Å². The van der Waals surface area contributed by atoms with Crippen LogP contribution in [-0.4, -0.2) is 69.8 Å². The Morgan fingerprint density at radius 3 is 0.864 bits per heavy atom. The van der Waals surface area contributed by atoms with Crippen LogP contribution in [0.5, 0.6) is 0 Å². The standard InChI is InChI=1S/C19H17N2.C18H15N2.C17H13N2.C16H13N4.4C11H8N.4Ir/c1-14(2)17-9-6-10-19(21-17)16-11-12-18(20-13-16)15-7-4-3-5-8-15;1-2-16-9-6-10-18(20-16)15-11-12-17(19-13-15)14-7-4-3-5-8-14;1-13-6-5-9-17(19-13)15-10-11-16(18-12-15)14-7-3-2-4-8-14;1-11-18-12(2)20-16(19-11)14-8-9-17-15(10-14)13-6-4-3-5-7-13;4*1-2-6-10(7-3-1)11-8-4-5-9-12-11;;;;/h3-7,9-14H,1-2H3;3-7,9-13H,2H2,1H3;2-7,9-12H,1H3;3-6,8-10H,1-2H3;4*1-6,8-9H;;;;/q8*-1;;;;/i1D3,14D;1D3;;;;;;;;;;. The van der Waals surface area contributed by atoms with E-state index in [4.69, 9.17) is 9.60 Å². The van der Waals surface area contributed by atoms with Gasteiger partial charge in [-0.05, 0) is 145 Å². The molecular weight excluding hydrogens is 2330 g/mol. The summed E-state index contributed by atoms with van der Waals surface area (Å²) in [7, 11) is 0. The molecule has 0 saturated carbocycles. The van der Waals surface area contributed by atoms with Crippen LogP contribution in [-0.2, 0) is 86.8 Å². The number of aromatic nitrogens is 14. The second-order valence-corrected chi connectivity index (χ2v) is 27.9. The number of hydrogen-bond acceptors (Lipinski definition) is 14. The Hall–Kier alpha value is -14.0. The third-order valence-corrected chi connectivity index (χ3v) is 18.6. The average molecular weight is 2430 g/mol. The molecule has 8 aromatic carbocycles. The summed E-state index contributed by atoms with van der Waals surface area (Å²) < 4.78 is 52.9. The Labute approximate surface area is 838 Å². The van der Waals surface area contributed by atoms with E-state index in [0.717, 1.165) is 141 Å². The summed E-state index contributed by atoms with van der Waals surface area (Å²) >= 11 is 0. The van der Waals surface area contributed by atoms with Gasteiger partial charge in [-0.2, -0.15) is 0 Å². The Morgan fingerprint density at radius 1 is 0.258 bits per heavy atom. The molecule has 0 bridgehead atoms. The van der Waals surface area contributed by atoms with Crippen molar-refractivity contribution in [2.24, 2.45) is 0 Å². The van der Waals surface area contributed by atoms with E-state index in [0.29, 0.717) is 17.2 Å². The van der Waals surface area contributed by atoms with Crippen molar-refractivity contribution >= 4 is 0 Å². The quantitative estimate of drug-likeness (QED) is 0.0938. The van der Waals surface area contributed by atoms with E-state index in [1.54, 1.807) is 67.6 Å². The van der Waals surface area contributed by atoms with Gasteiger partial charge in [0.05, 0.1) is 17.1 Å². The first kappa shape index (κ1) is 91.3. The molecule has 18 heteroatoms. The number of aryl methyl sites for hydroxylation is 4. The monoisotopic (exact) mass is 2430 g/mol. The molecule has 0 aliphatic rings. The normalized spacial score (nSPS) is 11.3. The van der Waals surface area contributed by atoms with Crippen molar-refractivity contribution in [2.45, 2.75) is 53.7 Å². The van der Waals surface area contributed by atoms with Crippen molar-refractivity contribution in [3.05, 3.63) is 497 Å². The minimum absolute atomic E-state index is 0. The van der Waals surface area contributed by atoms with Crippen molar-refractivity contribution in [2.75, 3.05) is 0 Å². The minimum Gasteiger partial charge on any atom is -0.305 e. The molecule has 0 fully saturated rings. The summed E-state index contributed by atoms with van der Waals surface area (Å²) in [5, 5.41) is 0. The Balaban J connectivity index is 0.000000180. The zero-order valence-electron chi connectivity index (χ0n) is 79.1. The molecule has 0 spiro atoms. The Bertz CT molecular complexity index is 6450. The second kappa shape index (κ2) is 55.8. The van der Waals surface area contributed by atoms with Crippen LogP contribution in [0.4, 0.5) is 0 Å². The molecule has 132 heavy (non-hydrogen) atoms. The number of rotatable bonds is 14. The summed E-state index contributed by atoms with van der Waals surface area (Å²) in [5.74, 6) is 0.346. The molecule has 20 aromatic rings. The summed E-state index contributed by atoms with van der Waals surface area (Å²) in [6.07, 6.45) is 14.2. The molecule has 1 unspecified atom stereocenters. The van der Waals surface area contributed by atoms with Gasteiger partial charge in [0.2, 0.25) is 0 Å². The van der Waals surface area contributed by atoms with Crippen LogP contribution in [0.25, 0.3) is 135 Å². The number of pyridine rings is 11. The molecule has 4 radical (unpaired) electrons. The van der Waals surface area contributed by atoms with Gasteiger partial charge in [0.1, 0.15) is 11.6 Å². The predicted molar refractivity (Wildman–Crippen MR) is 514 cm³/mol. The summed E-state index contributed by atoms with van der Waals surface area (Å²) in [4.78, 5) is 60.9. The van der Waals surface area contributed by atoms with Gasteiger partial charge < -0.3 is 39.9 Å². The topological polar surface area (TPSA) is 180 Å². The van der Waals surface area contributed by atoms with Crippen LogP contribution >= 0.6 is 0 Å². The van der Waals surface area contributed by atoms with E-state index in [2.05, 4.69) is 118 Å². The summed E-state index contributed by atoms with van der Waals surface area (Å²) in [5.41, 5.74) is 22.9. The van der Waals surface area contributed by atoms with Gasteiger partial charge in [0.25, 0.3) is 0 Å². The third kappa shape index (κ3) is 32.3. The van der Waals surface area contributed by atoms with Crippen LogP contribution in [0, 0.1) is 69.3 Å². The first-order chi connectivity index (χ1) is 65.7. The van der Waals surface area contributed by atoms with Gasteiger partial charge in [-0.1, -0.05) is 130 Å². The summed E-state index contributed by atoms with van der Waals surface area (Å²) in [6, 6.07) is 143. The molecule has 20 rings (SSSR count). The summed E-state index contributed by atoms with van der Waals surface area (Å²) in [6.45, 7) is 2.61. The van der Waals surface area contributed by atoms with Gasteiger partial charge in [-0.3, -0.25) is 15.0 Å². The molecule has 0 aliphatic heterocycles. The van der Waals surface area contributed by atoms with Crippen LogP contribution in [0.1, 0.15) is 64.8 Å². The van der Waals surface area contributed by atoms with Gasteiger partial charge in [-0.25, -0.2) is 15.0 Å². The third-order valence-electron chi connectivity index (χ3n) is 18.6. The van der Waals surface area contributed by atoms with Gasteiger partial charge in [-0.15, -0.1) is 287 Å². The van der Waals surface area contributed by atoms with Crippen molar-refractivity contribution < 1.29 is 90.0 Å². The van der Waals surface area contributed by atoms with E-state index in [1.807, 2.05) is 373 Å². The molecule has 12 aromatic heterocycles. The smallest absolute Gasteiger partial charge is 0.162 e. The predicted octanol–water partition coefficient (Wildman–Crippen LogP) is 26.0. The van der Waals surface area contributed by atoms with E-state index in [9.17, 15) is 0 Å². The molecule has 0 N–H and O–H groups in total. The maximum absolute atomic E-state index is 8.18. The zero-order valence-corrected chi connectivity index (χ0v) is 81.7. The molecule has 0 aliphatic carbocycles. The SMILES string of the molecule is Cc1cccc(-c2ccc(-c3[c-]cccc3)nc2)n1.Cc1nc(C)nc(-c2ccnc(-c3[c-]cccc3)c2)n1.[2H]C([2H])([2H])C([2H])(C)c1cccc(-c2ccc(-c3[c-]cccc3)nc2)n1.[2H]C([2H])([2H])Cc1cccc(-c2ccc(-c3[c-]cccc3)nc2)n1.[Ir].[Ir].[Ir].[Ir].[c-]1ccccc1-c1ccccn1.[c-]1ccccc1-c1ccccn1.[c-]1ccccc1-c1ccccn1.[c-]1ccccc1-c1ccccn1.